The second kappa shape index (κ2) is 12.8. The number of carbonyl (C=O) groups is 1. The lowest BCUT2D eigenvalue weighted by Gasteiger charge is -2.35. The van der Waals surface area contributed by atoms with E-state index < -0.39 is 6.23 Å². The van der Waals surface area contributed by atoms with Crippen LogP contribution in [0.3, 0.4) is 0 Å². The molecule has 1 amide bonds. The first kappa shape index (κ1) is 29.2. The number of hydrogen-bond acceptors (Lipinski definition) is 8. The van der Waals surface area contributed by atoms with Crippen molar-refractivity contribution < 1.29 is 19.0 Å². The molecule has 3 aromatic carbocycles. The number of methoxy groups -OCH3 is 1. The maximum Gasteiger partial charge on any atom is 0.247 e. The van der Waals surface area contributed by atoms with Crippen molar-refractivity contribution >= 4 is 28.9 Å². The average Bonchev–Trinajstić information content (AvgIpc) is 3.44. The molecule has 1 aliphatic heterocycles. The Bertz CT molecular complexity index is 1750. The SMILES string of the molecule is COc1cc(C(O)N2CCN(C)CC2)ccc1Nc1nc2ccc(-c3ccc(NC(=O)Cc4ccc(F)cc4)cc3)cn2n1. The van der Waals surface area contributed by atoms with Crippen LogP contribution < -0.4 is 15.4 Å². The summed E-state index contributed by atoms with van der Waals surface area (Å²) in [5.74, 6) is 0.489. The highest BCUT2D eigenvalue weighted by molar-refractivity contribution is 5.92. The fourth-order valence-corrected chi connectivity index (χ4v) is 5.22. The molecule has 6 rings (SSSR count). The van der Waals surface area contributed by atoms with Crippen LogP contribution in [0.15, 0.2) is 85.1 Å². The standard InChI is InChI=1S/C33H34FN7O3/c1-39-15-17-40(18-16-39)32(43)24-7-13-28(29(20-24)44-2)36-33-37-30-14-8-25(21-41(30)38-33)23-5-11-27(12-6-23)35-31(42)19-22-3-9-26(34)10-4-22/h3-14,20-21,32,43H,15-19H2,1-2H3,(H,35,42)(H,36,38). The minimum atomic E-state index is -0.704. The van der Waals surface area contributed by atoms with Crippen molar-refractivity contribution in [3.63, 3.8) is 0 Å². The largest absolute Gasteiger partial charge is 0.495 e. The van der Waals surface area contributed by atoms with Crippen molar-refractivity contribution in [1.82, 2.24) is 24.4 Å². The number of aromatic nitrogens is 3. The Morgan fingerprint density at radius 3 is 2.43 bits per heavy atom. The number of piperazine rings is 1. The molecule has 10 nitrogen and oxygen atoms in total. The van der Waals surface area contributed by atoms with Gasteiger partial charge in [0.2, 0.25) is 11.9 Å². The number of halogens is 1. The summed E-state index contributed by atoms with van der Waals surface area (Å²) >= 11 is 0. The second-order valence-electron chi connectivity index (χ2n) is 10.9. The number of fused-ring (bicyclic) bond motifs is 1. The average molecular weight is 596 g/mol. The molecule has 1 fully saturated rings. The van der Waals surface area contributed by atoms with Crippen LogP contribution in [0.25, 0.3) is 16.8 Å². The highest BCUT2D eigenvalue weighted by Crippen LogP contribution is 2.32. The number of nitrogens with one attached hydrogen (secondary N) is 2. The third-order valence-corrected chi connectivity index (χ3v) is 7.76. The van der Waals surface area contributed by atoms with E-state index in [4.69, 9.17) is 4.74 Å². The Morgan fingerprint density at radius 2 is 1.70 bits per heavy atom. The molecular weight excluding hydrogens is 561 g/mol. The molecule has 226 valence electrons. The number of aliphatic hydroxyl groups is 1. The second-order valence-corrected chi connectivity index (χ2v) is 10.9. The Labute approximate surface area is 254 Å². The summed E-state index contributed by atoms with van der Waals surface area (Å²) in [5, 5.41) is 21.7. The number of anilines is 3. The topological polar surface area (TPSA) is 107 Å². The minimum absolute atomic E-state index is 0.163. The molecule has 0 radical (unpaired) electrons. The van der Waals surface area contributed by atoms with Crippen LogP contribution in [0.2, 0.25) is 0 Å². The van der Waals surface area contributed by atoms with E-state index >= 15 is 0 Å². The van der Waals surface area contributed by atoms with Crippen LogP contribution in [-0.2, 0) is 11.2 Å². The van der Waals surface area contributed by atoms with Crippen molar-refractivity contribution in [1.29, 1.82) is 0 Å². The number of ether oxygens (including phenoxy) is 1. The molecule has 1 atom stereocenters. The summed E-state index contributed by atoms with van der Waals surface area (Å²) in [6.45, 7) is 3.43. The third-order valence-electron chi connectivity index (χ3n) is 7.76. The van der Waals surface area contributed by atoms with Crippen molar-refractivity contribution in [3.05, 3.63) is 102 Å². The highest BCUT2D eigenvalue weighted by Gasteiger charge is 2.23. The third kappa shape index (κ3) is 6.70. The molecule has 1 saturated heterocycles. The molecule has 11 heteroatoms. The van der Waals surface area contributed by atoms with Gasteiger partial charge in [0.05, 0.1) is 19.2 Å². The fourth-order valence-electron chi connectivity index (χ4n) is 5.22. The Balaban J connectivity index is 1.12. The number of carbonyl (C=O) groups excluding carboxylic acids is 1. The van der Waals surface area contributed by atoms with Crippen LogP contribution >= 0.6 is 0 Å². The van der Waals surface area contributed by atoms with E-state index in [2.05, 4.69) is 37.6 Å². The summed E-state index contributed by atoms with van der Waals surface area (Å²) < 4.78 is 20.5. The first-order chi connectivity index (χ1) is 21.3. The molecule has 1 aliphatic rings. The van der Waals surface area contributed by atoms with E-state index in [0.29, 0.717) is 28.7 Å². The molecule has 0 bridgehead atoms. The first-order valence-corrected chi connectivity index (χ1v) is 14.4. The van der Waals surface area contributed by atoms with Crippen LogP contribution in [0, 0.1) is 5.82 Å². The summed E-state index contributed by atoms with van der Waals surface area (Å²) in [5.41, 5.74) is 5.42. The maximum absolute atomic E-state index is 13.1. The monoisotopic (exact) mass is 595 g/mol. The lowest BCUT2D eigenvalue weighted by atomic mass is 10.1. The predicted octanol–water partition coefficient (Wildman–Crippen LogP) is 4.71. The number of benzene rings is 3. The summed E-state index contributed by atoms with van der Waals surface area (Å²) in [4.78, 5) is 21.3. The van der Waals surface area contributed by atoms with Gasteiger partial charge in [0.15, 0.2) is 5.65 Å². The van der Waals surface area contributed by atoms with Crippen LogP contribution in [0.5, 0.6) is 5.75 Å². The van der Waals surface area contributed by atoms with Gasteiger partial charge in [0.25, 0.3) is 0 Å². The van der Waals surface area contributed by atoms with Gasteiger partial charge in [-0.1, -0.05) is 30.3 Å². The van der Waals surface area contributed by atoms with Gasteiger partial charge in [-0.25, -0.2) is 8.91 Å². The molecular formula is C33H34FN7O3. The van der Waals surface area contributed by atoms with Crippen molar-refractivity contribution in [2.45, 2.75) is 12.6 Å². The Hall–Kier alpha value is -4.84. The van der Waals surface area contributed by atoms with Crippen LogP contribution in [0.4, 0.5) is 21.7 Å². The first-order valence-electron chi connectivity index (χ1n) is 14.4. The predicted molar refractivity (Wildman–Crippen MR) is 167 cm³/mol. The quantitative estimate of drug-likeness (QED) is 0.225. The molecule has 3 heterocycles. The number of hydrogen-bond donors (Lipinski definition) is 3. The van der Waals surface area contributed by atoms with Gasteiger partial charge in [-0.15, -0.1) is 5.10 Å². The fraction of sp³-hybridized carbons (Fsp3) is 0.242. The van der Waals surface area contributed by atoms with Gasteiger partial charge in [0, 0.05) is 43.6 Å². The summed E-state index contributed by atoms with van der Waals surface area (Å²) in [7, 11) is 3.68. The van der Waals surface area contributed by atoms with Crippen molar-refractivity contribution in [2.24, 2.45) is 0 Å². The van der Waals surface area contributed by atoms with E-state index in [1.54, 1.807) is 23.8 Å². The number of rotatable bonds is 9. The lowest BCUT2D eigenvalue weighted by Crippen LogP contribution is -2.45. The van der Waals surface area contributed by atoms with Crippen molar-refractivity contribution in [3.8, 4) is 16.9 Å². The number of nitrogens with zero attached hydrogens (tertiary/aromatic N) is 5. The van der Waals surface area contributed by atoms with E-state index in [9.17, 15) is 14.3 Å². The van der Waals surface area contributed by atoms with Gasteiger partial charge in [-0.05, 0) is 72.3 Å². The normalized spacial score (nSPS) is 14.8. The van der Waals surface area contributed by atoms with E-state index in [1.807, 2.05) is 60.8 Å². The minimum Gasteiger partial charge on any atom is -0.495 e. The van der Waals surface area contributed by atoms with E-state index in [-0.39, 0.29) is 18.1 Å². The summed E-state index contributed by atoms with van der Waals surface area (Å²) in [6, 6.07) is 22.9. The zero-order valence-corrected chi connectivity index (χ0v) is 24.6. The van der Waals surface area contributed by atoms with Crippen LogP contribution in [-0.4, -0.2) is 75.7 Å². The molecule has 1 unspecified atom stereocenters. The maximum atomic E-state index is 13.1. The number of amides is 1. The molecule has 2 aromatic heterocycles. The van der Waals surface area contributed by atoms with Gasteiger partial charge in [-0.3, -0.25) is 9.69 Å². The van der Waals surface area contributed by atoms with E-state index in [1.165, 1.54) is 12.1 Å². The molecule has 0 aliphatic carbocycles. The zero-order chi connectivity index (χ0) is 30.6. The van der Waals surface area contributed by atoms with Crippen molar-refractivity contribution in [2.75, 3.05) is 51.0 Å². The molecule has 0 spiro atoms. The Kier molecular flexibility index (Phi) is 8.51. The highest BCUT2D eigenvalue weighted by atomic mass is 19.1. The smallest absolute Gasteiger partial charge is 0.247 e. The van der Waals surface area contributed by atoms with Gasteiger partial charge < -0.3 is 25.4 Å². The van der Waals surface area contributed by atoms with E-state index in [0.717, 1.165) is 48.4 Å². The molecule has 44 heavy (non-hydrogen) atoms. The van der Waals surface area contributed by atoms with Gasteiger partial charge >= 0.3 is 0 Å². The molecule has 3 N–H and O–H groups in total. The summed E-state index contributed by atoms with van der Waals surface area (Å²) in [6.07, 6.45) is 1.35. The molecule has 5 aromatic rings. The van der Waals surface area contributed by atoms with Gasteiger partial charge in [-0.2, -0.15) is 4.98 Å². The number of pyridine rings is 1. The van der Waals surface area contributed by atoms with Crippen LogP contribution in [0.1, 0.15) is 17.4 Å². The molecule has 0 saturated carbocycles. The van der Waals surface area contributed by atoms with Gasteiger partial charge in [0.1, 0.15) is 17.8 Å². The Morgan fingerprint density at radius 1 is 0.977 bits per heavy atom. The number of aliphatic hydroxyl groups excluding tert-OH is 1. The number of likely N-dealkylation sites (N-methyl/N-ethyl adjacent to an activating group) is 1. The zero-order valence-electron chi connectivity index (χ0n) is 24.6. The lowest BCUT2D eigenvalue weighted by molar-refractivity contribution is -0.115.